The molecule has 0 unspecified atom stereocenters. The molecule has 0 bridgehead atoms. The Labute approximate surface area is 94.9 Å². The van der Waals surface area contributed by atoms with Gasteiger partial charge in [-0.2, -0.15) is 5.10 Å². The van der Waals surface area contributed by atoms with E-state index in [1.807, 2.05) is 18.2 Å². The summed E-state index contributed by atoms with van der Waals surface area (Å²) in [5, 5.41) is 4.06. The van der Waals surface area contributed by atoms with Gasteiger partial charge >= 0.3 is 0 Å². The van der Waals surface area contributed by atoms with Gasteiger partial charge in [0.15, 0.2) is 0 Å². The van der Waals surface area contributed by atoms with Crippen LogP contribution >= 0.6 is 27.5 Å². The zero-order valence-corrected chi connectivity index (χ0v) is 9.53. The van der Waals surface area contributed by atoms with E-state index >= 15 is 0 Å². The van der Waals surface area contributed by atoms with E-state index in [9.17, 15) is 0 Å². The quantitative estimate of drug-likeness (QED) is 0.787. The van der Waals surface area contributed by atoms with Crippen molar-refractivity contribution in [3.63, 3.8) is 0 Å². The van der Waals surface area contributed by atoms with Crippen molar-refractivity contribution in [3.05, 3.63) is 40.9 Å². The summed E-state index contributed by atoms with van der Waals surface area (Å²) in [6.07, 6.45) is 3.15. The van der Waals surface area contributed by atoms with E-state index in [2.05, 4.69) is 26.0 Å². The molecule has 0 aliphatic rings. The van der Waals surface area contributed by atoms with Gasteiger partial charge in [-0.3, -0.25) is 0 Å². The molecule has 0 N–H and O–H groups in total. The van der Waals surface area contributed by atoms with Gasteiger partial charge in [-0.15, -0.1) is 11.6 Å². The molecule has 0 fully saturated rings. The lowest BCUT2D eigenvalue weighted by molar-refractivity contribution is 0.869. The topological polar surface area (TPSA) is 30.7 Å². The van der Waals surface area contributed by atoms with Crippen molar-refractivity contribution < 1.29 is 0 Å². The van der Waals surface area contributed by atoms with Gasteiger partial charge in [-0.25, -0.2) is 9.67 Å². The summed E-state index contributed by atoms with van der Waals surface area (Å²) in [6, 6.07) is 5.88. The lowest BCUT2D eigenvalue weighted by atomic mass is 10.2. The first-order valence-electron chi connectivity index (χ1n) is 4.00. The van der Waals surface area contributed by atoms with Crippen molar-refractivity contribution in [2.75, 3.05) is 0 Å². The number of benzene rings is 1. The molecule has 0 spiro atoms. The molecule has 0 aliphatic carbocycles. The van der Waals surface area contributed by atoms with Gasteiger partial charge in [0.05, 0.1) is 5.69 Å². The van der Waals surface area contributed by atoms with Gasteiger partial charge in [-0.1, -0.05) is 15.9 Å². The van der Waals surface area contributed by atoms with Crippen molar-refractivity contribution in [2.45, 2.75) is 5.88 Å². The molecule has 2 aromatic rings. The number of halogens is 2. The third-order valence-corrected chi connectivity index (χ3v) is 2.63. The lowest BCUT2D eigenvalue weighted by Gasteiger charge is -2.06. The number of aromatic nitrogens is 3. The minimum Gasteiger partial charge on any atom is -0.223 e. The van der Waals surface area contributed by atoms with Crippen molar-refractivity contribution >= 4 is 27.5 Å². The fourth-order valence-electron chi connectivity index (χ4n) is 1.22. The number of hydrogen-bond donors (Lipinski definition) is 0. The number of hydrogen-bond acceptors (Lipinski definition) is 2. The van der Waals surface area contributed by atoms with Crippen molar-refractivity contribution in [1.29, 1.82) is 0 Å². The molecule has 72 valence electrons. The maximum absolute atomic E-state index is 5.84. The second kappa shape index (κ2) is 4.11. The van der Waals surface area contributed by atoms with E-state index in [1.165, 1.54) is 6.33 Å². The average molecular weight is 273 g/mol. The van der Waals surface area contributed by atoms with Crippen LogP contribution in [-0.2, 0) is 5.88 Å². The molecule has 0 saturated carbocycles. The molecule has 1 heterocycles. The number of nitrogens with zero attached hydrogens (tertiary/aromatic N) is 3. The molecule has 14 heavy (non-hydrogen) atoms. The van der Waals surface area contributed by atoms with Gasteiger partial charge in [0.25, 0.3) is 0 Å². The summed E-state index contributed by atoms with van der Waals surface area (Å²) in [7, 11) is 0. The third kappa shape index (κ3) is 1.81. The SMILES string of the molecule is ClCc1cc(Br)ccc1-n1cncn1. The van der Waals surface area contributed by atoms with Gasteiger partial charge in [0, 0.05) is 10.4 Å². The maximum atomic E-state index is 5.84. The molecule has 1 aromatic carbocycles. The second-order valence-corrected chi connectivity index (χ2v) is 3.93. The molecule has 0 atom stereocenters. The summed E-state index contributed by atoms with van der Waals surface area (Å²) in [4.78, 5) is 3.89. The van der Waals surface area contributed by atoms with Crippen LogP contribution in [0.15, 0.2) is 35.3 Å². The van der Waals surface area contributed by atoms with Crippen LogP contribution in [0.1, 0.15) is 5.56 Å². The standard InChI is InChI=1S/C9H7BrClN3/c10-8-1-2-9(7(3-8)4-11)14-6-12-5-13-14/h1-3,5-6H,4H2. The second-order valence-electron chi connectivity index (χ2n) is 2.75. The van der Waals surface area contributed by atoms with Crippen molar-refractivity contribution in [1.82, 2.24) is 14.8 Å². The Balaban J connectivity index is 2.53. The van der Waals surface area contributed by atoms with Crippen LogP contribution in [0.3, 0.4) is 0 Å². The Morgan fingerprint density at radius 1 is 1.43 bits per heavy atom. The van der Waals surface area contributed by atoms with E-state index in [0.29, 0.717) is 5.88 Å². The van der Waals surface area contributed by atoms with Crippen LogP contribution in [0.25, 0.3) is 5.69 Å². The summed E-state index contributed by atoms with van der Waals surface area (Å²) in [5.41, 5.74) is 1.98. The van der Waals surface area contributed by atoms with Gasteiger partial charge in [0.2, 0.25) is 0 Å². The summed E-state index contributed by atoms with van der Waals surface area (Å²) in [6.45, 7) is 0. The fourth-order valence-corrected chi connectivity index (χ4v) is 1.84. The smallest absolute Gasteiger partial charge is 0.138 e. The first-order chi connectivity index (χ1) is 6.81. The van der Waals surface area contributed by atoms with Crippen LogP contribution in [0.5, 0.6) is 0 Å². The van der Waals surface area contributed by atoms with Gasteiger partial charge < -0.3 is 0 Å². The summed E-state index contributed by atoms with van der Waals surface area (Å²) >= 11 is 9.24. The summed E-state index contributed by atoms with van der Waals surface area (Å²) in [5.74, 6) is 0.453. The largest absolute Gasteiger partial charge is 0.223 e. The Morgan fingerprint density at radius 2 is 2.29 bits per heavy atom. The highest BCUT2D eigenvalue weighted by Gasteiger charge is 2.04. The van der Waals surface area contributed by atoms with E-state index < -0.39 is 0 Å². The highest BCUT2D eigenvalue weighted by molar-refractivity contribution is 9.10. The molecule has 0 amide bonds. The summed E-state index contributed by atoms with van der Waals surface area (Å²) < 4.78 is 2.71. The van der Waals surface area contributed by atoms with Crippen LogP contribution in [0.2, 0.25) is 0 Å². The first kappa shape index (κ1) is 9.68. The Kier molecular flexibility index (Phi) is 2.84. The van der Waals surface area contributed by atoms with E-state index in [0.717, 1.165) is 15.7 Å². The van der Waals surface area contributed by atoms with E-state index in [-0.39, 0.29) is 0 Å². The molecule has 0 aliphatic heterocycles. The molecular weight excluding hydrogens is 265 g/mol. The van der Waals surface area contributed by atoms with Crippen LogP contribution < -0.4 is 0 Å². The lowest BCUT2D eigenvalue weighted by Crippen LogP contribution is -1.98. The predicted molar refractivity (Wildman–Crippen MR) is 58.6 cm³/mol. The van der Waals surface area contributed by atoms with Crippen LogP contribution in [-0.4, -0.2) is 14.8 Å². The molecule has 1 aromatic heterocycles. The molecule has 5 heteroatoms. The molecular formula is C9H7BrClN3. The Morgan fingerprint density at radius 3 is 2.93 bits per heavy atom. The highest BCUT2D eigenvalue weighted by Crippen LogP contribution is 2.20. The average Bonchev–Trinajstić information content (AvgIpc) is 2.70. The minimum atomic E-state index is 0.453. The maximum Gasteiger partial charge on any atom is 0.138 e. The number of rotatable bonds is 2. The van der Waals surface area contributed by atoms with Crippen molar-refractivity contribution in [2.24, 2.45) is 0 Å². The predicted octanol–water partition coefficient (Wildman–Crippen LogP) is 2.77. The van der Waals surface area contributed by atoms with Gasteiger partial charge in [0.1, 0.15) is 12.7 Å². The molecule has 0 radical (unpaired) electrons. The first-order valence-corrected chi connectivity index (χ1v) is 5.33. The van der Waals surface area contributed by atoms with E-state index in [1.54, 1.807) is 11.0 Å². The Bertz CT molecular complexity index is 428. The normalized spacial score (nSPS) is 10.4. The molecule has 0 saturated heterocycles. The minimum absolute atomic E-state index is 0.453. The zero-order chi connectivity index (χ0) is 9.97. The van der Waals surface area contributed by atoms with Crippen LogP contribution in [0.4, 0.5) is 0 Å². The zero-order valence-electron chi connectivity index (χ0n) is 7.19. The Hall–Kier alpha value is -0.870. The highest BCUT2D eigenvalue weighted by atomic mass is 79.9. The fraction of sp³-hybridized carbons (Fsp3) is 0.111. The van der Waals surface area contributed by atoms with Crippen LogP contribution in [0, 0.1) is 0 Å². The monoisotopic (exact) mass is 271 g/mol. The van der Waals surface area contributed by atoms with E-state index in [4.69, 9.17) is 11.6 Å². The third-order valence-electron chi connectivity index (χ3n) is 1.85. The number of alkyl halides is 1. The molecule has 3 nitrogen and oxygen atoms in total. The van der Waals surface area contributed by atoms with Crippen molar-refractivity contribution in [3.8, 4) is 5.69 Å². The molecule has 2 rings (SSSR count). The van der Waals surface area contributed by atoms with Gasteiger partial charge in [-0.05, 0) is 23.8 Å².